The van der Waals surface area contributed by atoms with Crippen molar-refractivity contribution in [2.75, 3.05) is 25.5 Å². The summed E-state index contributed by atoms with van der Waals surface area (Å²) in [6.45, 7) is 8.22. The molecule has 0 unspecified atom stereocenters. The highest BCUT2D eigenvalue weighted by Crippen LogP contribution is 2.34. The summed E-state index contributed by atoms with van der Waals surface area (Å²) in [7, 11) is 1.68. The second-order valence-corrected chi connectivity index (χ2v) is 9.77. The van der Waals surface area contributed by atoms with Crippen LogP contribution in [0.25, 0.3) is 10.9 Å². The van der Waals surface area contributed by atoms with Crippen molar-refractivity contribution in [3.05, 3.63) is 70.6 Å². The van der Waals surface area contributed by atoms with Gasteiger partial charge in [0.2, 0.25) is 0 Å². The number of carbonyl (C=O) groups is 1. The molecule has 0 aliphatic carbocycles. The maximum Gasteiger partial charge on any atom is 0.410 e. The summed E-state index contributed by atoms with van der Waals surface area (Å²) in [5.74, 6) is 0.146. The molecule has 0 radical (unpaired) electrons. The Morgan fingerprint density at radius 1 is 1.27 bits per heavy atom. The molecule has 0 fully saturated rings. The molecule has 1 heterocycles. The van der Waals surface area contributed by atoms with Crippen LogP contribution in [0.1, 0.15) is 38.8 Å². The number of nitrogens with one attached hydrogen (secondary N) is 1. The summed E-state index contributed by atoms with van der Waals surface area (Å²) >= 11 is 5.95. The molecular weight excluding hydrogens is 495 g/mol. The van der Waals surface area contributed by atoms with Gasteiger partial charge in [-0.1, -0.05) is 23.8 Å². The number of benzene rings is 2. The van der Waals surface area contributed by atoms with Gasteiger partial charge in [0.25, 0.3) is 0 Å². The van der Waals surface area contributed by atoms with Gasteiger partial charge in [-0.25, -0.2) is 9.18 Å². The third-order valence-electron chi connectivity index (χ3n) is 5.25. The Balaban J connectivity index is 1.92. The Morgan fingerprint density at radius 2 is 2.03 bits per heavy atom. The van der Waals surface area contributed by atoms with Gasteiger partial charge >= 0.3 is 6.09 Å². The minimum atomic E-state index is -0.562. The van der Waals surface area contributed by atoms with E-state index < -0.39 is 17.5 Å². The van der Waals surface area contributed by atoms with Gasteiger partial charge in [0.1, 0.15) is 23.2 Å². The van der Waals surface area contributed by atoms with Gasteiger partial charge in [-0.3, -0.25) is 4.98 Å². The van der Waals surface area contributed by atoms with Crippen LogP contribution in [0.2, 0.25) is 5.02 Å². The van der Waals surface area contributed by atoms with E-state index in [4.69, 9.17) is 21.1 Å². The summed E-state index contributed by atoms with van der Waals surface area (Å²) in [6.07, 6.45) is 5.43. The molecule has 0 aliphatic rings. The fourth-order valence-corrected chi connectivity index (χ4v) is 3.69. The molecule has 0 bridgehead atoms. The maximum absolute atomic E-state index is 13.6. The van der Waals surface area contributed by atoms with Crippen LogP contribution in [0.5, 0.6) is 5.75 Å². The topological polar surface area (TPSA) is 87.5 Å². The van der Waals surface area contributed by atoms with Crippen molar-refractivity contribution >= 4 is 40.0 Å². The second kappa shape index (κ2) is 11.9. The summed E-state index contributed by atoms with van der Waals surface area (Å²) in [5, 5.41) is 13.6. The number of ether oxygens (including phenoxy) is 2. The lowest BCUT2D eigenvalue weighted by molar-refractivity contribution is 0.0317. The Labute approximate surface area is 221 Å². The van der Waals surface area contributed by atoms with Crippen LogP contribution in [0.3, 0.4) is 0 Å². The van der Waals surface area contributed by atoms with Crippen LogP contribution >= 0.6 is 11.6 Å². The second-order valence-electron chi connectivity index (χ2n) is 9.36. The number of nitrogens with zero attached hydrogens (tertiary/aromatic N) is 3. The molecule has 7 nitrogen and oxygen atoms in total. The Bertz CT molecular complexity index is 1360. The number of fused-ring (bicyclic) bond motifs is 1. The Morgan fingerprint density at radius 3 is 2.68 bits per heavy atom. The fourth-order valence-electron chi connectivity index (χ4n) is 3.51. The standard InChI is InChI=1S/C28H30ClFN4O3/c1-6-36-25-15-24-21(13-18(25)9-7-8-12-34(5)27(35)37-28(2,3)4)26(19(16-31)17-32-24)33-20-10-11-23(30)22(29)14-20/h7-8,10-11,13-15,17H,6,9,12H2,1-5H3,(H,32,33). The molecule has 3 rings (SSSR count). The van der Waals surface area contributed by atoms with Crippen molar-refractivity contribution in [3.8, 4) is 11.8 Å². The minimum absolute atomic E-state index is 0.0253. The van der Waals surface area contributed by atoms with Crippen LogP contribution in [0, 0.1) is 17.1 Å². The van der Waals surface area contributed by atoms with Crippen LogP contribution in [0.15, 0.2) is 48.7 Å². The van der Waals surface area contributed by atoms with Crippen molar-refractivity contribution in [1.82, 2.24) is 9.88 Å². The van der Waals surface area contributed by atoms with Gasteiger partial charge in [0.05, 0.1) is 28.4 Å². The number of likely N-dealkylation sites (N-methyl/N-ethyl adjacent to an activating group) is 1. The lowest BCUT2D eigenvalue weighted by Gasteiger charge is -2.23. The Kier molecular flexibility index (Phi) is 8.95. The zero-order chi connectivity index (χ0) is 27.2. The molecule has 2 aromatic carbocycles. The normalized spacial score (nSPS) is 11.4. The number of hydrogen-bond acceptors (Lipinski definition) is 6. The monoisotopic (exact) mass is 524 g/mol. The van der Waals surface area contributed by atoms with E-state index in [0.717, 1.165) is 5.56 Å². The van der Waals surface area contributed by atoms with Crippen LogP contribution < -0.4 is 10.1 Å². The molecule has 1 amide bonds. The molecule has 0 saturated carbocycles. The average molecular weight is 525 g/mol. The summed E-state index contributed by atoms with van der Waals surface area (Å²) in [4.78, 5) is 18.1. The molecule has 1 aromatic heterocycles. The molecular formula is C28H30ClFN4O3. The zero-order valence-corrected chi connectivity index (χ0v) is 22.3. The van der Waals surface area contributed by atoms with E-state index in [-0.39, 0.29) is 5.02 Å². The van der Waals surface area contributed by atoms with E-state index in [1.54, 1.807) is 13.1 Å². The number of anilines is 2. The van der Waals surface area contributed by atoms with Crippen molar-refractivity contribution in [1.29, 1.82) is 5.26 Å². The first-order chi connectivity index (χ1) is 17.5. The van der Waals surface area contributed by atoms with Gasteiger partial charge in [-0.15, -0.1) is 0 Å². The van der Waals surface area contributed by atoms with Crippen molar-refractivity contribution < 1.29 is 18.7 Å². The van der Waals surface area contributed by atoms with Gasteiger partial charge in [-0.05, 0) is 63.9 Å². The predicted octanol–water partition coefficient (Wildman–Crippen LogP) is 7.01. The fraction of sp³-hybridized carbons (Fsp3) is 0.321. The van der Waals surface area contributed by atoms with Crippen LogP contribution in [-0.4, -0.2) is 41.8 Å². The molecule has 3 aromatic rings. The summed E-state index contributed by atoms with van der Waals surface area (Å²) in [6, 6.07) is 10.2. The number of halogens is 2. The molecule has 0 spiro atoms. The van der Waals surface area contributed by atoms with Crippen LogP contribution in [0.4, 0.5) is 20.6 Å². The predicted molar refractivity (Wildman–Crippen MR) is 144 cm³/mol. The van der Waals surface area contributed by atoms with Crippen molar-refractivity contribution in [3.63, 3.8) is 0 Å². The highest BCUT2D eigenvalue weighted by atomic mass is 35.5. The van der Waals surface area contributed by atoms with E-state index in [1.165, 1.54) is 23.2 Å². The number of allylic oxidation sites excluding steroid dienone is 1. The first-order valence-electron chi connectivity index (χ1n) is 11.8. The molecule has 9 heteroatoms. The van der Waals surface area contributed by atoms with Crippen molar-refractivity contribution in [2.24, 2.45) is 0 Å². The summed E-state index contributed by atoms with van der Waals surface area (Å²) < 4.78 is 24.9. The van der Waals surface area contributed by atoms with Gasteiger partial charge in [0, 0.05) is 36.9 Å². The first-order valence-corrected chi connectivity index (χ1v) is 12.2. The van der Waals surface area contributed by atoms with E-state index >= 15 is 0 Å². The largest absolute Gasteiger partial charge is 0.494 e. The average Bonchev–Trinajstić information content (AvgIpc) is 2.83. The smallest absolute Gasteiger partial charge is 0.410 e. The SMILES string of the molecule is CCOc1cc2ncc(C#N)c(Nc3ccc(F)c(Cl)c3)c2cc1CC=CCN(C)C(=O)OC(C)(C)C. The molecule has 37 heavy (non-hydrogen) atoms. The number of amides is 1. The van der Waals surface area contributed by atoms with E-state index in [1.807, 2.05) is 52.0 Å². The number of nitriles is 1. The number of pyridine rings is 1. The molecule has 0 saturated heterocycles. The number of hydrogen-bond donors (Lipinski definition) is 1. The number of carbonyl (C=O) groups excluding carboxylic acids is 1. The third-order valence-corrected chi connectivity index (χ3v) is 5.54. The molecule has 194 valence electrons. The lowest BCUT2D eigenvalue weighted by Crippen LogP contribution is -2.34. The first kappa shape index (κ1) is 27.8. The van der Waals surface area contributed by atoms with E-state index in [0.29, 0.717) is 53.2 Å². The van der Waals surface area contributed by atoms with E-state index in [9.17, 15) is 14.4 Å². The lowest BCUT2D eigenvalue weighted by atomic mass is 10.0. The zero-order valence-electron chi connectivity index (χ0n) is 21.6. The van der Waals surface area contributed by atoms with Gasteiger partial charge in [-0.2, -0.15) is 5.26 Å². The quantitative estimate of drug-likeness (QED) is 0.319. The number of rotatable bonds is 8. The highest BCUT2D eigenvalue weighted by Gasteiger charge is 2.19. The van der Waals surface area contributed by atoms with E-state index in [2.05, 4.69) is 16.4 Å². The minimum Gasteiger partial charge on any atom is -0.494 e. The number of aromatic nitrogens is 1. The van der Waals surface area contributed by atoms with Crippen LogP contribution in [-0.2, 0) is 11.2 Å². The molecule has 0 atom stereocenters. The van der Waals surface area contributed by atoms with Gasteiger partial charge in [0.15, 0.2) is 0 Å². The Hall–Kier alpha value is -3.83. The molecule has 0 aliphatic heterocycles. The third kappa shape index (κ3) is 7.34. The summed E-state index contributed by atoms with van der Waals surface area (Å²) in [5.41, 5.74) is 2.35. The molecule has 1 N–H and O–H groups in total. The van der Waals surface area contributed by atoms with Crippen molar-refractivity contribution in [2.45, 2.75) is 39.7 Å². The highest BCUT2D eigenvalue weighted by molar-refractivity contribution is 6.31. The maximum atomic E-state index is 13.6. The van der Waals surface area contributed by atoms with Gasteiger partial charge < -0.3 is 19.7 Å².